The minimum atomic E-state index is -0.359. The van der Waals surface area contributed by atoms with Crippen LogP contribution in [0.15, 0.2) is 54.4 Å². The number of carbonyl (C=O) groups excluding carboxylic acids is 1. The van der Waals surface area contributed by atoms with Gasteiger partial charge in [-0.25, -0.2) is 0 Å². The highest BCUT2D eigenvalue weighted by Crippen LogP contribution is 2.59. The molecular weight excluding hydrogens is 396 g/mol. The van der Waals surface area contributed by atoms with Crippen molar-refractivity contribution >= 4 is 5.91 Å². The smallest absolute Gasteiger partial charge is 0.299 e. The molecule has 1 aromatic rings. The number of allylic oxidation sites excluding steroid dienone is 2. The number of hydrogen-bond donors (Lipinski definition) is 2. The standard InChI is InChI=1S/C27H34N4O/c1-5-8-11-22-15-20-10-9-14-29-24(20)25(31(22)23(32)7-3)19(4)12-13-21(6-2)30-27-16-26(28,17-27)18-27/h3,6,9-10,12-14,22,25,30H,4-5,8,11,15-18,28H2,1-2H3/b13-12-,21-6+/t22-,25-,26?,27?/m0/s1. The van der Waals surface area contributed by atoms with Crippen molar-refractivity contribution in [3.8, 4) is 12.3 Å². The lowest BCUT2D eigenvalue weighted by Gasteiger charge is -2.69. The van der Waals surface area contributed by atoms with Gasteiger partial charge in [-0.1, -0.05) is 44.6 Å². The summed E-state index contributed by atoms with van der Waals surface area (Å²) >= 11 is 0. The van der Waals surface area contributed by atoms with Gasteiger partial charge in [0.15, 0.2) is 0 Å². The second kappa shape index (κ2) is 8.60. The third-order valence-electron chi connectivity index (χ3n) is 7.18. The van der Waals surface area contributed by atoms with Crippen molar-refractivity contribution < 1.29 is 4.79 Å². The van der Waals surface area contributed by atoms with Crippen molar-refractivity contribution in [2.24, 2.45) is 5.73 Å². The van der Waals surface area contributed by atoms with Gasteiger partial charge in [0.2, 0.25) is 0 Å². The zero-order valence-corrected chi connectivity index (χ0v) is 19.2. The van der Waals surface area contributed by atoms with Crippen molar-refractivity contribution in [1.29, 1.82) is 0 Å². The first kappa shape index (κ1) is 22.4. The van der Waals surface area contributed by atoms with Crippen molar-refractivity contribution in [2.75, 3.05) is 0 Å². The van der Waals surface area contributed by atoms with Gasteiger partial charge in [-0.15, -0.1) is 6.42 Å². The largest absolute Gasteiger partial charge is 0.380 e. The zero-order chi connectivity index (χ0) is 22.9. The Bertz CT molecular complexity index is 995. The van der Waals surface area contributed by atoms with Crippen LogP contribution >= 0.6 is 0 Å². The van der Waals surface area contributed by atoms with Crippen LogP contribution in [0.25, 0.3) is 0 Å². The lowest BCUT2D eigenvalue weighted by atomic mass is 9.44. The van der Waals surface area contributed by atoms with Crippen molar-refractivity contribution in [1.82, 2.24) is 15.2 Å². The van der Waals surface area contributed by atoms with Gasteiger partial charge in [0.1, 0.15) is 6.04 Å². The van der Waals surface area contributed by atoms with Gasteiger partial charge in [-0.2, -0.15) is 0 Å². The molecule has 2 atom stereocenters. The molecule has 0 spiro atoms. The molecule has 3 N–H and O–H groups in total. The van der Waals surface area contributed by atoms with Gasteiger partial charge in [-0.05, 0) is 68.2 Å². The maximum absolute atomic E-state index is 12.9. The molecule has 1 aromatic heterocycles. The summed E-state index contributed by atoms with van der Waals surface area (Å²) in [5.74, 6) is 2.05. The number of pyridine rings is 1. The Labute approximate surface area is 191 Å². The molecule has 0 saturated heterocycles. The zero-order valence-electron chi connectivity index (χ0n) is 19.2. The van der Waals surface area contributed by atoms with Crippen LogP contribution in [0.4, 0.5) is 0 Å². The maximum Gasteiger partial charge on any atom is 0.299 e. The third-order valence-corrected chi connectivity index (χ3v) is 7.18. The summed E-state index contributed by atoms with van der Waals surface area (Å²) in [5.41, 5.74) is 10.3. The van der Waals surface area contributed by atoms with Crippen LogP contribution < -0.4 is 11.1 Å². The highest BCUT2D eigenvalue weighted by molar-refractivity contribution is 5.94. The second-order valence-electron chi connectivity index (χ2n) is 9.76. The van der Waals surface area contributed by atoms with E-state index in [1.165, 1.54) is 5.56 Å². The van der Waals surface area contributed by atoms with Gasteiger partial charge in [-0.3, -0.25) is 9.78 Å². The monoisotopic (exact) mass is 430 g/mol. The fourth-order valence-electron chi connectivity index (χ4n) is 5.76. The molecule has 3 saturated carbocycles. The molecule has 0 radical (unpaired) electrons. The van der Waals surface area contributed by atoms with Crippen molar-refractivity contribution in [3.05, 3.63) is 65.7 Å². The molecule has 3 aliphatic carbocycles. The number of terminal acetylenes is 1. The number of nitrogens with one attached hydrogen (secondary N) is 1. The first-order chi connectivity index (χ1) is 15.3. The van der Waals surface area contributed by atoms with Gasteiger partial charge in [0.25, 0.3) is 5.91 Å². The summed E-state index contributed by atoms with van der Waals surface area (Å²) in [6.45, 7) is 8.53. The normalized spacial score (nSPS) is 30.7. The molecule has 1 aliphatic heterocycles. The number of amides is 1. The van der Waals surface area contributed by atoms with E-state index in [1.54, 1.807) is 6.20 Å². The lowest BCUT2D eigenvalue weighted by Crippen LogP contribution is -2.81. The number of nitrogens with zero attached hydrogens (tertiary/aromatic N) is 2. The Morgan fingerprint density at radius 2 is 2.19 bits per heavy atom. The Kier molecular flexibility index (Phi) is 6.01. The molecule has 0 unspecified atom stereocenters. The predicted molar refractivity (Wildman–Crippen MR) is 128 cm³/mol. The number of unbranched alkanes of at least 4 members (excludes halogenated alkanes) is 1. The maximum atomic E-state index is 12.9. The molecule has 5 heteroatoms. The summed E-state index contributed by atoms with van der Waals surface area (Å²) in [6, 6.07) is 3.75. The van der Waals surface area contributed by atoms with Crippen molar-refractivity contribution in [2.45, 2.75) is 82.0 Å². The van der Waals surface area contributed by atoms with E-state index >= 15 is 0 Å². The van der Waals surface area contributed by atoms with E-state index in [2.05, 4.69) is 41.9 Å². The molecular formula is C27H34N4O. The molecule has 5 rings (SSSR count). The number of hydrogen-bond acceptors (Lipinski definition) is 4. The fraction of sp³-hybridized carbons (Fsp3) is 0.481. The van der Waals surface area contributed by atoms with Crippen molar-refractivity contribution in [3.63, 3.8) is 0 Å². The van der Waals surface area contributed by atoms with Crippen LogP contribution in [0.1, 0.15) is 69.7 Å². The average Bonchev–Trinajstić information content (AvgIpc) is 2.76. The first-order valence-electron chi connectivity index (χ1n) is 11.7. The Balaban J connectivity index is 1.59. The topological polar surface area (TPSA) is 71.2 Å². The third kappa shape index (κ3) is 4.00. The van der Waals surface area contributed by atoms with E-state index in [1.807, 2.05) is 30.0 Å². The van der Waals surface area contributed by atoms with Crippen LogP contribution in [0.5, 0.6) is 0 Å². The molecule has 32 heavy (non-hydrogen) atoms. The molecule has 168 valence electrons. The van der Waals surface area contributed by atoms with Crippen LogP contribution in [0, 0.1) is 12.3 Å². The summed E-state index contributed by atoms with van der Waals surface area (Å²) < 4.78 is 0. The van der Waals surface area contributed by atoms with E-state index in [9.17, 15) is 4.79 Å². The number of carbonyl (C=O) groups is 1. The molecule has 2 bridgehead atoms. The second-order valence-corrected chi connectivity index (χ2v) is 9.76. The van der Waals surface area contributed by atoms with Crippen LogP contribution in [0.3, 0.4) is 0 Å². The molecule has 2 heterocycles. The molecule has 4 aliphatic rings. The van der Waals surface area contributed by atoms with E-state index in [0.717, 1.165) is 61.9 Å². The lowest BCUT2D eigenvalue weighted by molar-refractivity contribution is -0.130. The van der Waals surface area contributed by atoms with E-state index in [-0.39, 0.29) is 29.1 Å². The number of aromatic nitrogens is 1. The van der Waals surface area contributed by atoms with Crippen LogP contribution in [0.2, 0.25) is 0 Å². The average molecular weight is 431 g/mol. The predicted octanol–water partition coefficient (Wildman–Crippen LogP) is 3.94. The Morgan fingerprint density at radius 3 is 2.81 bits per heavy atom. The molecule has 0 aromatic carbocycles. The fourth-order valence-corrected chi connectivity index (χ4v) is 5.76. The molecule has 3 fully saturated rings. The quantitative estimate of drug-likeness (QED) is 0.484. The van der Waals surface area contributed by atoms with Crippen LogP contribution in [-0.4, -0.2) is 32.9 Å². The van der Waals surface area contributed by atoms with E-state index in [4.69, 9.17) is 12.2 Å². The van der Waals surface area contributed by atoms with Gasteiger partial charge < -0.3 is 16.0 Å². The summed E-state index contributed by atoms with van der Waals surface area (Å²) in [6.07, 6.45) is 20.3. The summed E-state index contributed by atoms with van der Waals surface area (Å²) in [4.78, 5) is 19.4. The minimum absolute atomic E-state index is 0.0474. The highest BCUT2D eigenvalue weighted by Gasteiger charge is 2.66. The summed E-state index contributed by atoms with van der Waals surface area (Å²) in [7, 11) is 0. The van der Waals surface area contributed by atoms with E-state index < -0.39 is 0 Å². The van der Waals surface area contributed by atoms with E-state index in [0.29, 0.717) is 0 Å². The highest BCUT2D eigenvalue weighted by atomic mass is 16.2. The van der Waals surface area contributed by atoms with Gasteiger partial charge in [0.05, 0.1) is 5.69 Å². The number of rotatable bonds is 8. The summed E-state index contributed by atoms with van der Waals surface area (Å²) in [5, 5.41) is 3.65. The Morgan fingerprint density at radius 1 is 1.44 bits per heavy atom. The number of fused-ring (bicyclic) bond motifs is 1. The minimum Gasteiger partial charge on any atom is -0.380 e. The van der Waals surface area contributed by atoms with Gasteiger partial charge >= 0.3 is 0 Å². The van der Waals surface area contributed by atoms with Crippen LogP contribution in [-0.2, 0) is 11.2 Å². The molecule has 1 amide bonds. The number of nitrogens with two attached hydrogens (primary N) is 1. The molecule has 5 nitrogen and oxygen atoms in total. The Hall–Kier alpha value is -2.84. The first-order valence-corrected chi connectivity index (χ1v) is 11.7. The van der Waals surface area contributed by atoms with Gasteiger partial charge in [0, 0.05) is 29.0 Å². The SMILES string of the molecule is C#CC(=O)N1[C@@H](CCCC)Cc2cccnc2[C@@H]1C(=C)/C=C\C(=C/C)NC12CC(N)(C1)C2.